The molecule has 1 amide bonds. The Labute approximate surface area is 159 Å². The second-order valence-electron chi connectivity index (χ2n) is 7.08. The van der Waals surface area contributed by atoms with E-state index in [-0.39, 0.29) is 23.7 Å². The average Bonchev–Trinajstić information content (AvgIpc) is 3.25. The maximum absolute atomic E-state index is 12.5. The van der Waals surface area contributed by atoms with E-state index in [0.29, 0.717) is 25.1 Å². The fraction of sp³-hybridized carbons (Fsp3) is 0.500. The van der Waals surface area contributed by atoms with Gasteiger partial charge in [-0.2, -0.15) is 0 Å². The van der Waals surface area contributed by atoms with Crippen LogP contribution in [0.1, 0.15) is 56.2 Å². The van der Waals surface area contributed by atoms with Gasteiger partial charge in [0.25, 0.3) is 5.91 Å². The smallest absolute Gasteiger partial charge is 0.273 e. The second-order valence-corrected chi connectivity index (χ2v) is 7.08. The molecule has 1 aliphatic carbocycles. The van der Waals surface area contributed by atoms with Crippen molar-refractivity contribution in [3.63, 3.8) is 0 Å². The lowest BCUT2D eigenvalue weighted by atomic mass is 10.1. The zero-order valence-corrected chi connectivity index (χ0v) is 16.1. The van der Waals surface area contributed by atoms with Gasteiger partial charge in [0.2, 0.25) is 0 Å². The van der Waals surface area contributed by atoms with Crippen LogP contribution in [0.2, 0.25) is 0 Å². The van der Waals surface area contributed by atoms with Gasteiger partial charge in [-0.05, 0) is 57.4 Å². The number of carbonyl (C=O) groups is 2. The summed E-state index contributed by atoms with van der Waals surface area (Å²) in [6.45, 7) is 6.28. The van der Waals surface area contributed by atoms with Gasteiger partial charge >= 0.3 is 0 Å². The Kier molecular flexibility index (Phi) is 5.88. The lowest BCUT2D eigenvalue weighted by molar-refractivity contribution is -0.120. The Hall–Kier alpha value is -2.70. The number of ether oxygens (including phenoxy) is 1. The normalized spacial score (nSPS) is 16.7. The molecule has 7 nitrogen and oxygen atoms in total. The summed E-state index contributed by atoms with van der Waals surface area (Å²) in [5.41, 5.74) is 1.87. The molecule has 1 aromatic carbocycles. The summed E-state index contributed by atoms with van der Waals surface area (Å²) in [6, 6.07) is 7.54. The van der Waals surface area contributed by atoms with E-state index in [2.05, 4.69) is 15.6 Å². The molecule has 27 heavy (non-hydrogen) atoms. The highest BCUT2D eigenvalue weighted by atomic mass is 16.5. The molecule has 0 radical (unpaired) electrons. The van der Waals surface area contributed by atoms with Crippen LogP contribution >= 0.6 is 0 Å². The molecule has 1 N–H and O–H groups in total. The molecule has 0 spiro atoms. The summed E-state index contributed by atoms with van der Waals surface area (Å²) >= 11 is 0. The maximum atomic E-state index is 12.5. The number of ketones is 1. The fourth-order valence-corrected chi connectivity index (χ4v) is 3.34. The molecular formula is C20H26N4O3. The van der Waals surface area contributed by atoms with Crippen molar-refractivity contribution in [1.82, 2.24) is 20.3 Å². The van der Waals surface area contributed by atoms with Gasteiger partial charge in [-0.15, -0.1) is 5.10 Å². The highest BCUT2D eigenvalue weighted by molar-refractivity contribution is 5.94. The first-order chi connectivity index (χ1) is 13.0. The molecule has 3 rings (SSSR count). The highest BCUT2D eigenvalue weighted by Crippen LogP contribution is 2.21. The number of rotatable bonds is 7. The maximum Gasteiger partial charge on any atom is 0.273 e. The minimum absolute atomic E-state index is 0.0671. The Bertz CT molecular complexity index is 811. The number of Topliss-reactive ketones (excluding diaryl/α,β-unsaturated/α-hetero) is 1. The molecule has 0 bridgehead atoms. The monoisotopic (exact) mass is 370 g/mol. The molecule has 2 aromatic rings. The van der Waals surface area contributed by atoms with Crippen molar-refractivity contribution in [2.75, 3.05) is 6.54 Å². The zero-order valence-electron chi connectivity index (χ0n) is 16.1. The van der Waals surface area contributed by atoms with Crippen LogP contribution in [0.15, 0.2) is 24.3 Å². The summed E-state index contributed by atoms with van der Waals surface area (Å²) in [5, 5.41) is 11.1. The predicted octanol–water partition coefficient (Wildman–Crippen LogP) is 2.72. The number of benzene rings is 1. The number of aromatic nitrogens is 3. The van der Waals surface area contributed by atoms with Crippen molar-refractivity contribution in [3.05, 3.63) is 35.7 Å². The molecule has 1 fully saturated rings. The molecule has 1 aromatic heterocycles. The van der Waals surface area contributed by atoms with Crippen molar-refractivity contribution >= 4 is 11.7 Å². The number of hydrogen-bond acceptors (Lipinski definition) is 5. The molecule has 1 unspecified atom stereocenters. The fourth-order valence-electron chi connectivity index (χ4n) is 3.34. The number of hydrogen-bond donors (Lipinski definition) is 1. The third-order valence-electron chi connectivity index (χ3n) is 4.71. The number of carbonyl (C=O) groups excluding carboxylic acids is 2. The highest BCUT2D eigenvalue weighted by Gasteiger charge is 2.26. The van der Waals surface area contributed by atoms with Crippen LogP contribution in [0.25, 0.3) is 5.69 Å². The second kappa shape index (κ2) is 8.33. The summed E-state index contributed by atoms with van der Waals surface area (Å²) in [5.74, 6) is 0.671. The van der Waals surface area contributed by atoms with Gasteiger partial charge in [-0.25, -0.2) is 4.68 Å². The summed E-state index contributed by atoms with van der Waals surface area (Å²) < 4.78 is 7.33. The van der Waals surface area contributed by atoms with Crippen molar-refractivity contribution < 1.29 is 14.3 Å². The van der Waals surface area contributed by atoms with Crippen LogP contribution in [-0.2, 0) is 11.2 Å². The number of nitrogens with zero attached hydrogens (tertiary/aromatic N) is 3. The molecule has 1 heterocycles. The summed E-state index contributed by atoms with van der Waals surface area (Å²) in [6.07, 6.45) is 3.09. The van der Waals surface area contributed by atoms with E-state index < -0.39 is 0 Å². The lowest BCUT2D eigenvalue weighted by Crippen LogP contribution is -2.31. The Balaban J connectivity index is 1.74. The van der Waals surface area contributed by atoms with E-state index in [1.165, 1.54) is 0 Å². The van der Waals surface area contributed by atoms with Crippen LogP contribution in [0.3, 0.4) is 0 Å². The van der Waals surface area contributed by atoms with Crippen molar-refractivity contribution in [2.45, 2.75) is 52.6 Å². The first-order valence-corrected chi connectivity index (χ1v) is 9.52. The van der Waals surface area contributed by atoms with Crippen molar-refractivity contribution in [3.8, 4) is 11.4 Å². The van der Waals surface area contributed by atoms with Gasteiger partial charge in [0.15, 0.2) is 5.69 Å². The molecule has 1 saturated carbocycles. The largest absolute Gasteiger partial charge is 0.491 e. The molecule has 0 saturated heterocycles. The summed E-state index contributed by atoms with van der Waals surface area (Å²) in [7, 11) is 0. The van der Waals surface area contributed by atoms with Crippen LogP contribution in [0, 0.1) is 5.92 Å². The summed E-state index contributed by atoms with van der Waals surface area (Å²) in [4.78, 5) is 24.3. The molecule has 1 aliphatic rings. The van der Waals surface area contributed by atoms with Crippen molar-refractivity contribution in [1.29, 1.82) is 0 Å². The SMILES string of the molecule is CCc1c(C(=O)NCC2CCCC2=O)nnn1-c1ccc(OC(C)C)cc1. The van der Waals surface area contributed by atoms with Gasteiger partial charge in [-0.1, -0.05) is 12.1 Å². The minimum Gasteiger partial charge on any atom is -0.491 e. The average molecular weight is 370 g/mol. The minimum atomic E-state index is -0.280. The predicted molar refractivity (Wildman–Crippen MR) is 101 cm³/mol. The third kappa shape index (κ3) is 4.35. The van der Waals surface area contributed by atoms with Crippen LogP contribution in [0.4, 0.5) is 0 Å². The molecule has 7 heteroatoms. The molecule has 1 atom stereocenters. The zero-order chi connectivity index (χ0) is 19.4. The Morgan fingerprint density at radius 2 is 2.07 bits per heavy atom. The Morgan fingerprint density at radius 1 is 1.33 bits per heavy atom. The lowest BCUT2D eigenvalue weighted by Gasteiger charge is -2.11. The standard InChI is InChI=1S/C20H26N4O3/c1-4-17-19(20(26)21-12-14-6-5-7-18(14)25)22-23-24(17)15-8-10-16(11-9-15)27-13(2)3/h8-11,13-14H,4-7,12H2,1-3H3,(H,21,26). The third-order valence-corrected chi connectivity index (χ3v) is 4.71. The van der Waals surface area contributed by atoms with E-state index in [0.717, 1.165) is 30.0 Å². The van der Waals surface area contributed by atoms with Gasteiger partial charge in [0.05, 0.1) is 17.5 Å². The first-order valence-electron chi connectivity index (χ1n) is 9.52. The number of amides is 1. The molecule has 0 aliphatic heterocycles. The van der Waals surface area contributed by atoms with E-state index in [9.17, 15) is 9.59 Å². The van der Waals surface area contributed by atoms with Crippen LogP contribution < -0.4 is 10.1 Å². The molecular weight excluding hydrogens is 344 g/mol. The van der Waals surface area contributed by atoms with Crippen LogP contribution in [-0.4, -0.2) is 39.3 Å². The number of nitrogens with one attached hydrogen (secondary N) is 1. The van der Waals surface area contributed by atoms with Crippen molar-refractivity contribution in [2.24, 2.45) is 5.92 Å². The van der Waals surface area contributed by atoms with E-state index >= 15 is 0 Å². The van der Waals surface area contributed by atoms with E-state index in [1.807, 2.05) is 45.0 Å². The quantitative estimate of drug-likeness (QED) is 0.810. The van der Waals surface area contributed by atoms with Gasteiger partial charge in [0, 0.05) is 18.9 Å². The Morgan fingerprint density at radius 3 is 2.67 bits per heavy atom. The van der Waals surface area contributed by atoms with Crippen LogP contribution in [0.5, 0.6) is 5.75 Å². The molecule has 144 valence electrons. The topological polar surface area (TPSA) is 86.1 Å². The van der Waals surface area contributed by atoms with E-state index in [1.54, 1.807) is 4.68 Å². The van der Waals surface area contributed by atoms with Gasteiger partial charge < -0.3 is 10.1 Å². The van der Waals surface area contributed by atoms with Gasteiger partial charge in [0.1, 0.15) is 11.5 Å². The van der Waals surface area contributed by atoms with Gasteiger partial charge in [-0.3, -0.25) is 9.59 Å². The first kappa shape index (κ1) is 19.1. The van der Waals surface area contributed by atoms with E-state index in [4.69, 9.17) is 4.74 Å².